The molecule has 0 saturated carbocycles. The topological polar surface area (TPSA) is 79.2 Å². The van der Waals surface area contributed by atoms with Gasteiger partial charge in [-0.25, -0.2) is 0 Å². The van der Waals surface area contributed by atoms with Gasteiger partial charge in [-0.1, -0.05) is 24.3 Å². The first-order chi connectivity index (χ1) is 13.0. The number of carbonyl (C=O) groups excluding carboxylic acids is 2. The van der Waals surface area contributed by atoms with E-state index in [0.717, 1.165) is 10.4 Å². The number of phenols is 1. The van der Waals surface area contributed by atoms with Crippen molar-refractivity contribution in [1.29, 1.82) is 0 Å². The highest BCUT2D eigenvalue weighted by atomic mass is 127. The number of nitrogens with zero attached hydrogens (tertiary/aromatic N) is 2. The first-order valence-electron chi connectivity index (χ1n) is 8.02. The number of benzene rings is 3. The molecule has 4 rings (SSSR count). The normalized spacial score (nSPS) is 13.6. The first-order valence-corrected chi connectivity index (χ1v) is 9.10. The van der Waals surface area contributed by atoms with Crippen molar-refractivity contribution in [2.24, 2.45) is 5.10 Å². The third kappa shape index (κ3) is 2.84. The van der Waals surface area contributed by atoms with Crippen LogP contribution in [0.5, 0.6) is 11.5 Å². The Bertz CT molecular complexity index is 1090. The largest absolute Gasteiger partial charge is 0.504 e. The Hall–Kier alpha value is -2.94. The van der Waals surface area contributed by atoms with Crippen LogP contribution in [-0.4, -0.2) is 35.3 Å². The van der Waals surface area contributed by atoms with Crippen LogP contribution in [-0.2, 0) is 0 Å². The van der Waals surface area contributed by atoms with Crippen molar-refractivity contribution in [3.63, 3.8) is 0 Å². The SMILES string of the molecule is COc1cc(/C=N\N2C(=O)c3cccc4cccc(c34)C2=O)cc(I)c1O. The zero-order chi connectivity index (χ0) is 19.1. The Morgan fingerprint density at radius 2 is 1.70 bits per heavy atom. The second-order valence-corrected chi connectivity index (χ2v) is 7.09. The maximum absolute atomic E-state index is 12.8. The zero-order valence-corrected chi connectivity index (χ0v) is 16.3. The van der Waals surface area contributed by atoms with E-state index in [4.69, 9.17) is 4.74 Å². The van der Waals surface area contributed by atoms with E-state index < -0.39 is 11.8 Å². The summed E-state index contributed by atoms with van der Waals surface area (Å²) in [6, 6.07) is 13.9. The Morgan fingerprint density at radius 1 is 1.07 bits per heavy atom. The highest BCUT2D eigenvalue weighted by molar-refractivity contribution is 14.1. The summed E-state index contributed by atoms with van der Waals surface area (Å²) in [6.45, 7) is 0. The fourth-order valence-corrected chi connectivity index (χ4v) is 3.70. The molecule has 27 heavy (non-hydrogen) atoms. The van der Waals surface area contributed by atoms with Gasteiger partial charge in [0.2, 0.25) is 0 Å². The lowest BCUT2D eigenvalue weighted by atomic mass is 9.95. The molecular weight excluding hydrogens is 459 g/mol. The number of imide groups is 1. The van der Waals surface area contributed by atoms with E-state index in [9.17, 15) is 14.7 Å². The van der Waals surface area contributed by atoms with Gasteiger partial charge in [0.05, 0.1) is 28.0 Å². The molecule has 0 aliphatic carbocycles. The number of hydrogen-bond acceptors (Lipinski definition) is 5. The molecule has 0 unspecified atom stereocenters. The quantitative estimate of drug-likeness (QED) is 0.358. The molecule has 0 aromatic heterocycles. The minimum atomic E-state index is -0.471. The molecule has 0 fully saturated rings. The highest BCUT2D eigenvalue weighted by Crippen LogP contribution is 2.32. The van der Waals surface area contributed by atoms with Crippen molar-refractivity contribution < 1.29 is 19.4 Å². The highest BCUT2D eigenvalue weighted by Gasteiger charge is 2.32. The average molecular weight is 472 g/mol. The van der Waals surface area contributed by atoms with Gasteiger partial charge in [-0.15, -0.1) is 0 Å². The molecule has 1 N–H and O–H groups in total. The summed E-state index contributed by atoms with van der Waals surface area (Å²) in [7, 11) is 1.45. The number of amides is 2. The Kier molecular flexibility index (Phi) is 4.31. The third-order valence-corrected chi connectivity index (χ3v) is 5.17. The van der Waals surface area contributed by atoms with Crippen molar-refractivity contribution in [2.75, 3.05) is 7.11 Å². The molecule has 1 aliphatic heterocycles. The lowest BCUT2D eigenvalue weighted by Crippen LogP contribution is -2.36. The Morgan fingerprint density at radius 3 is 2.30 bits per heavy atom. The molecule has 1 aliphatic rings. The molecule has 3 aromatic carbocycles. The van der Waals surface area contributed by atoms with Gasteiger partial charge in [0, 0.05) is 5.39 Å². The number of methoxy groups -OCH3 is 1. The summed E-state index contributed by atoms with van der Waals surface area (Å²) in [4.78, 5) is 25.6. The number of carbonyl (C=O) groups is 2. The molecular formula is C20H13IN2O4. The number of hydrazone groups is 1. The average Bonchev–Trinajstić information content (AvgIpc) is 2.68. The van der Waals surface area contributed by atoms with Crippen LogP contribution >= 0.6 is 22.6 Å². The van der Waals surface area contributed by atoms with Crippen LogP contribution in [0.1, 0.15) is 26.3 Å². The van der Waals surface area contributed by atoms with Gasteiger partial charge in [0.15, 0.2) is 11.5 Å². The number of phenolic OH excluding ortho intramolecular Hbond substituents is 1. The lowest BCUT2D eigenvalue weighted by Gasteiger charge is -2.23. The van der Waals surface area contributed by atoms with Crippen molar-refractivity contribution in [3.8, 4) is 11.5 Å². The van der Waals surface area contributed by atoms with Crippen LogP contribution in [0.15, 0.2) is 53.6 Å². The summed E-state index contributed by atoms with van der Waals surface area (Å²) in [6.07, 6.45) is 1.40. The van der Waals surface area contributed by atoms with Gasteiger partial charge >= 0.3 is 0 Å². The number of ether oxygens (including phenoxy) is 1. The van der Waals surface area contributed by atoms with Crippen LogP contribution in [0.4, 0.5) is 0 Å². The number of aromatic hydroxyl groups is 1. The van der Waals surface area contributed by atoms with Gasteiger partial charge < -0.3 is 9.84 Å². The van der Waals surface area contributed by atoms with Crippen molar-refractivity contribution >= 4 is 51.4 Å². The van der Waals surface area contributed by atoms with E-state index in [1.807, 2.05) is 34.7 Å². The van der Waals surface area contributed by atoms with E-state index in [1.54, 1.807) is 36.4 Å². The standard InChI is InChI=1S/C20H13IN2O4/c1-27-16-9-11(8-15(21)18(16)24)10-22-23-19(25)13-6-2-4-12-5-3-7-14(17(12)13)20(23)26/h2-10,24H,1H3/b22-10-. The fourth-order valence-electron chi connectivity index (χ4n) is 3.07. The molecule has 0 atom stereocenters. The van der Waals surface area contributed by atoms with E-state index in [1.165, 1.54) is 13.3 Å². The molecule has 2 amide bonds. The summed E-state index contributed by atoms with van der Waals surface area (Å²) in [5.74, 6) is -0.627. The number of hydrogen-bond donors (Lipinski definition) is 1. The van der Waals surface area contributed by atoms with Crippen molar-refractivity contribution in [1.82, 2.24) is 5.01 Å². The monoisotopic (exact) mass is 472 g/mol. The second-order valence-electron chi connectivity index (χ2n) is 5.93. The number of rotatable bonds is 3. The summed E-state index contributed by atoms with van der Waals surface area (Å²) < 4.78 is 5.69. The summed E-state index contributed by atoms with van der Waals surface area (Å²) >= 11 is 1.97. The van der Waals surface area contributed by atoms with E-state index >= 15 is 0 Å². The fraction of sp³-hybridized carbons (Fsp3) is 0.0500. The van der Waals surface area contributed by atoms with Crippen molar-refractivity contribution in [2.45, 2.75) is 0 Å². The molecule has 0 bridgehead atoms. The third-order valence-electron chi connectivity index (χ3n) is 4.34. The molecule has 7 heteroatoms. The zero-order valence-electron chi connectivity index (χ0n) is 14.1. The molecule has 0 radical (unpaired) electrons. The summed E-state index contributed by atoms with van der Waals surface area (Å²) in [5.41, 5.74) is 1.47. The van der Waals surface area contributed by atoms with Crippen LogP contribution in [0.25, 0.3) is 10.8 Å². The molecule has 1 heterocycles. The Balaban J connectivity index is 1.76. The van der Waals surface area contributed by atoms with Crippen LogP contribution in [0.3, 0.4) is 0 Å². The van der Waals surface area contributed by atoms with Gasteiger partial charge in [0.25, 0.3) is 11.8 Å². The maximum Gasteiger partial charge on any atom is 0.282 e. The number of halogens is 1. The second kappa shape index (κ2) is 6.66. The molecule has 6 nitrogen and oxygen atoms in total. The van der Waals surface area contributed by atoms with Gasteiger partial charge in [0.1, 0.15) is 0 Å². The van der Waals surface area contributed by atoms with E-state index in [0.29, 0.717) is 25.6 Å². The molecule has 0 saturated heterocycles. The van der Waals surface area contributed by atoms with E-state index in [-0.39, 0.29) is 11.5 Å². The van der Waals surface area contributed by atoms with Gasteiger partial charge in [-0.2, -0.15) is 10.1 Å². The van der Waals surface area contributed by atoms with E-state index in [2.05, 4.69) is 5.10 Å². The van der Waals surface area contributed by atoms with Crippen LogP contribution in [0, 0.1) is 3.57 Å². The first kappa shape index (κ1) is 17.5. The molecule has 0 spiro atoms. The lowest BCUT2D eigenvalue weighted by molar-refractivity contribution is 0.0616. The minimum Gasteiger partial charge on any atom is -0.504 e. The smallest absolute Gasteiger partial charge is 0.282 e. The van der Waals surface area contributed by atoms with Gasteiger partial charge in [-0.3, -0.25) is 9.59 Å². The van der Waals surface area contributed by atoms with Crippen molar-refractivity contribution in [3.05, 3.63) is 68.8 Å². The Labute approximate surface area is 168 Å². The predicted octanol–water partition coefficient (Wildman–Crippen LogP) is 3.79. The van der Waals surface area contributed by atoms with Crippen LogP contribution in [0.2, 0.25) is 0 Å². The van der Waals surface area contributed by atoms with Crippen LogP contribution < -0.4 is 4.74 Å². The molecule has 3 aromatic rings. The summed E-state index contributed by atoms with van der Waals surface area (Å²) in [5, 5.41) is 16.4. The predicted molar refractivity (Wildman–Crippen MR) is 109 cm³/mol. The minimum absolute atomic E-state index is 0.0287. The van der Waals surface area contributed by atoms with Gasteiger partial charge in [-0.05, 0) is 57.8 Å². The maximum atomic E-state index is 12.8. The molecule has 134 valence electrons.